The van der Waals surface area contributed by atoms with E-state index in [2.05, 4.69) is 12.2 Å². The zero-order valence-corrected chi connectivity index (χ0v) is 12.3. The van der Waals surface area contributed by atoms with Gasteiger partial charge in [-0.25, -0.2) is 0 Å². The Bertz CT molecular complexity index is 604. The summed E-state index contributed by atoms with van der Waals surface area (Å²) in [6, 6.07) is 15.6. The molecule has 1 saturated heterocycles. The lowest BCUT2D eigenvalue weighted by Gasteiger charge is -2.25. The van der Waals surface area contributed by atoms with Gasteiger partial charge in [0.2, 0.25) is 0 Å². The smallest absolute Gasteiger partial charge is 0.161 e. The SMILES string of the molecule is CC1(c2ccc(O)c(OCc3ccccc3)c2)CCCN1. The van der Waals surface area contributed by atoms with Crippen LogP contribution in [0.1, 0.15) is 30.9 Å². The molecular formula is C18H21NO2. The highest BCUT2D eigenvalue weighted by molar-refractivity contribution is 5.44. The quantitative estimate of drug-likeness (QED) is 0.901. The zero-order valence-electron chi connectivity index (χ0n) is 12.3. The second kappa shape index (κ2) is 5.78. The predicted octanol–water partition coefficient (Wildman–Crippen LogP) is 3.57. The van der Waals surface area contributed by atoms with E-state index >= 15 is 0 Å². The standard InChI is InChI=1S/C18H21NO2/c1-18(10-5-11-19-18)15-8-9-16(20)17(12-15)21-13-14-6-3-2-4-7-14/h2-4,6-9,12,19-20H,5,10-11,13H2,1H3. The molecule has 1 aliphatic heterocycles. The van der Waals surface area contributed by atoms with E-state index in [-0.39, 0.29) is 11.3 Å². The van der Waals surface area contributed by atoms with Crippen LogP contribution in [0.4, 0.5) is 0 Å². The number of hydrogen-bond acceptors (Lipinski definition) is 3. The maximum absolute atomic E-state index is 9.99. The van der Waals surface area contributed by atoms with Gasteiger partial charge >= 0.3 is 0 Å². The van der Waals surface area contributed by atoms with Gasteiger partial charge in [0.25, 0.3) is 0 Å². The first kappa shape index (κ1) is 14.0. The molecule has 1 fully saturated rings. The van der Waals surface area contributed by atoms with Gasteiger partial charge in [-0.15, -0.1) is 0 Å². The Morgan fingerprint density at radius 1 is 1.19 bits per heavy atom. The number of aromatic hydroxyl groups is 1. The summed E-state index contributed by atoms with van der Waals surface area (Å²) < 4.78 is 5.79. The van der Waals surface area contributed by atoms with Crippen LogP contribution < -0.4 is 10.1 Å². The molecule has 0 spiro atoms. The first-order valence-electron chi connectivity index (χ1n) is 7.43. The first-order chi connectivity index (χ1) is 10.2. The van der Waals surface area contributed by atoms with Crippen LogP contribution in [0.2, 0.25) is 0 Å². The normalized spacial score (nSPS) is 21.4. The van der Waals surface area contributed by atoms with Crippen molar-refractivity contribution in [2.75, 3.05) is 6.54 Å². The van der Waals surface area contributed by atoms with Crippen LogP contribution in [-0.4, -0.2) is 11.7 Å². The van der Waals surface area contributed by atoms with Crippen molar-refractivity contribution >= 4 is 0 Å². The molecule has 1 unspecified atom stereocenters. The summed E-state index contributed by atoms with van der Waals surface area (Å²) in [5.41, 5.74) is 2.24. The van der Waals surface area contributed by atoms with Crippen molar-refractivity contribution in [3.8, 4) is 11.5 Å². The molecule has 0 bridgehead atoms. The van der Waals surface area contributed by atoms with E-state index in [9.17, 15) is 5.11 Å². The van der Waals surface area contributed by atoms with E-state index in [1.165, 1.54) is 12.0 Å². The summed E-state index contributed by atoms with van der Waals surface area (Å²) in [7, 11) is 0. The van der Waals surface area contributed by atoms with Crippen molar-refractivity contribution in [2.45, 2.75) is 31.9 Å². The monoisotopic (exact) mass is 283 g/mol. The molecule has 1 aliphatic rings. The van der Waals surface area contributed by atoms with Crippen molar-refractivity contribution in [1.29, 1.82) is 0 Å². The molecule has 1 heterocycles. The highest BCUT2D eigenvalue weighted by Crippen LogP contribution is 2.36. The fourth-order valence-corrected chi connectivity index (χ4v) is 2.85. The number of nitrogens with one attached hydrogen (secondary N) is 1. The Hall–Kier alpha value is -2.00. The maximum atomic E-state index is 9.99. The Balaban J connectivity index is 1.78. The van der Waals surface area contributed by atoms with Crippen LogP contribution in [0.25, 0.3) is 0 Å². The molecule has 21 heavy (non-hydrogen) atoms. The summed E-state index contributed by atoms with van der Waals surface area (Å²) in [6.07, 6.45) is 2.29. The van der Waals surface area contributed by atoms with Crippen LogP contribution in [0.15, 0.2) is 48.5 Å². The molecule has 3 heteroatoms. The average molecular weight is 283 g/mol. The van der Waals surface area contributed by atoms with Gasteiger partial charge < -0.3 is 15.2 Å². The molecule has 0 aromatic heterocycles. The number of ether oxygens (including phenoxy) is 1. The number of hydrogen-bond donors (Lipinski definition) is 2. The maximum Gasteiger partial charge on any atom is 0.161 e. The summed E-state index contributed by atoms with van der Waals surface area (Å²) in [5.74, 6) is 0.738. The van der Waals surface area contributed by atoms with Crippen LogP contribution in [0, 0.1) is 0 Å². The van der Waals surface area contributed by atoms with Crippen molar-refractivity contribution < 1.29 is 9.84 Å². The number of benzene rings is 2. The van der Waals surface area contributed by atoms with Crippen LogP contribution in [0.5, 0.6) is 11.5 Å². The fraction of sp³-hybridized carbons (Fsp3) is 0.333. The second-order valence-electron chi connectivity index (χ2n) is 5.82. The lowest BCUT2D eigenvalue weighted by Crippen LogP contribution is -2.33. The molecular weight excluding hydrogens is 262 g/mol. The Morgan fingerprint density at radius 2 is 2.00 bits per heavy atom. The number of phenols is 1. The molecule has 110 valence electrons. The van der Waals surface area contributed by atoms with Crippen molar-refractivity contribution in [3.63, 3.8) is 0 Å². The van der Waals surface area contributed by atoms with E-state index in [0.717, 1.165) is 18.5 Å². The van der Waals surface area contributed by atoms with Crippen molar-refractivity contribution in [2.24, 2.45) is 0 Å². The van der Waals surface area contributed by atoms with Crippen LogP contribution in [-0.2, 0) is 12.1 Å². The zero-order chi connectivity index (χ0) is 14.7. The van der Waals surface area contributed by atoms with Crippen molar-refractivity contribution in [1.82, 2.24) is 5.32 Å². The van der Waals surface area contributed by atoms with Crippen LogP contribution >= 0.6 is 0 Å². The van der Waals surface area contributed by atoms with Gasteiger partial charge in [0.1, 0.15) is 6.61 Å². The van der Waals surface area contributed by atoms with Gasteiger partial charge in [-0.3, -0.25) is 0 Å². The Kier molecular flexibility index (Phi) is 3.84. The van der Waals surface area contributed by atoms with Gasteiger partial charge in [0.15, 0.2) is 11.5 Å². The lowest BCUT2D eigenvalue weighted by molar-refractivity contribution is 0.287. The second-order valence-corrected chi connectivity index (χ2v) is 5.82. The van der Waals surface area contributed by atoms with E-state index in [1.807, 2.05) is 42.5 Å². The fourth-order valence-electron chi connectivity index (χ4n) is 2.85. The third kappa shape index (κ3) is 3.03. The predicted molar refractivity (Wildman–Crippen MR) is 83.5 cm³/mol. The summed E-state index contributed by atoms with van der Waals surface area (Å²) in [5, 5.41) is 13.5. The number of rotatable bonds is 4. The molecule has 1 atom stereocenters. The van der Waals surface area contributed by atoms with Gasteiger partial charge in [0, 0.05) is 5.54 Å². The molecule has 0 aliphatic carbocycles. The first-order valence-corrected chi connectivity index (χ1v) is 7.43. The summed E-state index contributed by atoms with van der Waals surface area (Å²) in [4.78, 5) is 0. The topological polar surface area (TPSA) is 41.5 Å². The number of phenolic OH excluding ortho intramolecular Hbond substituents is 1. The summed E-state index contributed by atoms with van der Waals surface area (Å²) >= 11 is 0. The molecule has 0 amide bonds. The van der Waals surface area contributed by atoms with Gasteiger partial charge in [-0.05, 0) is 49.6 Å². The molecule has 2 aromatic rings. The highest BCUT2D eigenvalue weighted by atomic mass is 16.5. The van der Waals surface area contributed by atoms with Gasteiger partial charge in [0.05, 0.1) is 0 Å². The largest absolute Gasteiger partial charge is 0.504 e. The minimum Gasteiger partial charge on any atom is -0.504 e. The van der Waals surface area contributed by atoms with Gasteiger partial charge in [-0.1, -0.05) is 36.4 Å². The summed E-state index contributed by atoms with van der Waals surface area (Å²) in [6.45, 7) is 3.70. The molecule has 2 aromatic carbocycles. The van der Waals surface area contributed by atoms with E-state index < -0.39 is 0 Å². The lowest BCUT2D eigenvalue weighted by atomic mass is 9.90. The van der Waals surface area contributed by atoms with Gasteiger partial charge in [-0.2, -0.15) is 0 Å². The molecule has 0 saturated carbocycles. The van der Waals surface area contributed by atoms with E-state index in [4.69, 9.17) is 4.74 Å². The Labute approximate surface area is 125 Å². The van der Waals surface area contributed by atoms with E-state index in [1.54, 1.807) is 6.07 Å². The molecule has 3 nitrogen and oxygen atoms in total. The van der Waals surface area contributed by atoms with E-state index in [0.29, 0.717) is 12.4 Å². The van der Waals surface area contributed by atoms with Crippen LogP contribution in [0.3, 0.4) is 0 Å². The minimum atomic E-state index is -0.0153. The third-order valence-corrected chi connectivity index (χ3v) is 4.20. The average Bonchev–Trinajstić information content (AvgIpc) is 2.95. The third-order valence-electron chi connectivity index (χ3n) is 4.20. The highest BCUT2D eigenvalue weighted by Gasteiger charge is 2.30. The molecule has 0 radical (unpaired) electrons. The molecule has 2 N–H and O–H groups in total. The minimum absolute atomic E-state index is 0.0153. The van der Waals surface area contributed by atoms with Crippen molar-refractivity contribution in [3.05, 3.63) is 59.7 Å². The Morgan fingerprint density at radius 3 is 2.71 bits per heavy atom. The molecule has 3 rings (SSSR count).